The van der Waals surface area contributed by atoms with Gasteiger partial charge >= 0.3 is 0 Å². The predicted molar refractivity (Wildman–Crippen MR) is 67.7 cm³/mol. The molecule has 0 fully saturated rings. The number of benzene rings is 1. The van der Waals surface area contributed by atoms with Gasteiger partial charge in [0.2, 0.25) is 11.9 Å². The molecule has 1 aliphatic heterocycles. The number of carbonyl (C=O) groups excluding carboxylic acids is 2. The van der Waals surface area contributed by atoms with Gasteiger partial charge in [-0.3, -0.25) is 9.59 Å². The summed E-state index contributed by atoms with van der Waals surface area (Å²) in [6.45, 7) is 0. The van der Waals surface area contributed by atoms with Gasteiger partial charge in [0.1, 0.15) is 18.2 Å². The normalized spacial score (nSPS) is 17.2. The van der Waals surface area contributed by atoms with Gasteiger partial charge in [0.25, 0.3) is 5.91 Å². The molecule has 3 rings (SSSR count). The molecule has 0 radical (unpaired) electrons. The number of hydrogen-bond acceptors (Lipinski definition) is 5. The van der Waals surface area contributed by atoms with Gasteiger partial charge in [0.15, 0.2) is 0 Å². The molecule has 0 saturated carbocycles. The Kier molecular flexibility index (Phi) is 2.90. The topological polar surface area (TPSA) is 88.9 Å². The fraction of sp³-hybridized carbons (Fsp3) is 0.167. The highest BCUT2D eigenvalue weighted by Crippen LogP contribution is 2.16. The fourth-order valence-electron chi connectivity index (χ4n) is 1.91. The SMILES string of the molecule is O=C(Nc1ccc(F)cc1)[C@H]1CC(=O)n2ncnc2N1. The predicted octanol–water partition coefficient (Wildman–Crippen LogP) is 0.880. The van der Waals surface area contributed by atoms with Crippen LogP contribution >= 0.6 is 0 Å². The van der Waals surface area contributed by atoms with Crippen LogP contribution in [0, 0.1) is 5.82 Å². The van der Waals surface area contributed by atoms with Crippen molar-refractivity contribution in [1.29, 1.82) is 0 Å². The van der Waals surface area contributed by atoms with Crippen molar-refractivity contribution in [2.75, 3.05) is 10.6 Å². The summed E-state index contributed by atoms with van der Waals surface area (Å²) < 4.78 is 13.9. The second-order valence-electron chi connectivity index (χ2n) is 4.29. The van der Waals surface area contributed by atoms with Crippen molar-refractivity contribution in [2.24, 2.45) is 0 Å². The van der Waals surface area contributed by atoms with Gasteiger partial charge in [-0.2, -0.15) is 14.8 Å². The molecule has 1 aromatic carbocycles. The third-order valence-corrected chi connectivity index (χ3v) is 2.89. The summed E-state index contributed by atoms with van der Waals surface area (Å²) in [5.74, 6) is -0.850. The molecule has 0 bridgehead atoms. The summed E-state index contributed by atoms with van der Waals surface area (Å²) in [6.07, 6.45) is 1.21. The number of anilines is 2. The van der Waals surface area contributed by atoms with E-state index in [-0.39, 0.29) is 30.0 Å². The number of halogens is 1. The molecule has 1 aromatic heterocycles. The van der Waals surface area contributed by atoms with Gasteiger partial charge in [-0.25, -0.2) is 4.39 Å². The Hall–Kier alpha value is -2.77. The molecule has 2 heterocycles. The molecule has 1 aliphatic rings. The maximum absolute atomic E-state index is 12.8. The first kappa shape index (κ1) is 12.3. The third-order valence-electron chi connectivity index (χ3n) is 2.89. The van der Waals surface area contributed by atoms with Crippen LogP contribution in [0.3, 0.4) is 0 Å². The van der Waals surface area contributed by atoms with Crippen molar-refractivity contribution in [3.05, 3.63) is 36.4 Å². The van der Waals surface area contributed by atoms with Crippen LogP contribution in [0.2, 0.25) is 0 Å². The maximum atomic E-state index is 12.8. The molecule has 0 spiro atoms. The fourth-order valence-corrected chi connectivity index (χ4v) is 1.91. The molecule has 20 heavy (non-hydrogen) atoms. The molecule has 1 amide bonds. The highest BCUT2D eigenvalue weighted by Gasteiger charge is 2.30. The summed E-state index contributed by atoms with van der Waals surface area (Å²) >= 11 is 0. The van der Waals surface area contributed by atoms with Gasteiger partial charge < -0.3 is 10.6 Å². The zero-order valence-corrected chi connectivity index (χ0v) is 10.2. The minimum Gasteiger partial charge on any atom is -0.342 e. The Bertz CT molecular complexity index is 667. The van der Waals surface area contributed by atoms with E-state index >= 15 is 0 Å². The Morgan fingerprint density at radius 2 is 2.15 bits per heavy atom. The Morgan fingerprint density at radius 1 is 1.40 bits per heavy atom. The summed E-state index contributed by atoms with van der Waals surface area (Å²) in [5, 5.41) is 9.17. The van der Waals surface area contributed by atoms with Gasteiger partial charge in [-0.1, -0.05) is 0 Å². The maximum Gasteiger partial charge on any atom is 0.252 e. The van der Waals surface area contributed by atoms with E-state index in [9.17, 15) is 14.0 Å². The highest BCUT2D eigenvalue weighted by atomic mass is 19.1. The van der Waals surface area contributed by atoms with Crippen LogP contribution in [-0.4, -0.2) is 32.6 Å². The van der Waals surface area contributed by atoms with Crippen molar-refractivity contribution >= 4 is 23.5 Å². The van der Waals surface area contributed by atoms with E-state index in [1.165, 1.54) is 30.6 Å². The van der Waals surface area contributed by atoms with Gasteiger partial charge in [-0.05, 0) is 24.3 Å². The molecule has 8 heteroatoms. The summed E-state index contributed by atoms with van der Waals surface area (Å²) in [5.41, 5.74) is 0.456. The lowest BCUT2D eigenvalue weighted by Gasteiger charge is -2.22. The van der Waals surface area contributed by atoms with Crippen molar-refractivity contribution in [2.45, 2.75) is 12.5 Å². The minimum absolute atomic E-state index is 0.0244. The van der Waals surface area contributed by atoms with E-state index in [0.29, 0.717) is 5.69 Å². The summed E-state index contributed by atoms with van der Waals surface area (Å²) in [6, 6.07) is 4.64. The van der Waals surface area contributed by atoms with Gasteiger partial charge in [-0.15, -0.1) is 0 Å². The number of amides is 1. The lowest BCUT2D eigenvalue weighted by Crippen LogP contribution is -2.42. The highest BCUT2D eigenvalue weighted by molar-refractivity contribution is 6.00. The zero-order chi connectivity index (χ0) is 14.1. The standard InChI is InChI=1S/C12H10FN5O2/c13-7-1-3-8(4-2-7)16-11(20)9-5-10(19)18-12(17-9)14-6-15-18/h1-4,6,9H,5H2,(H,16,20)(H,14,15,17)/t9-/m1/s1. The quantitative estimate of drug-likeness (QED) is 0.849. The summed E-state index contributed by atoms with van der Waals surface area (Å²) in [4.78, 5) is 27.7. The molecule has 2 N–H and O–H groups in total. The first-order valence-electron chi connectivity index (χ1n) is 5.89. The number of rotatable bonds is 2. The van der Waals surface area contributed by atoms with Crippen molar-refractivity contribution in [3.63, 3.8) is 0 Å². The molecule has 2 aromatic rings. The average molecular weight is 275 g/mol. The van der Waals surface area contributed by atoms with Crippen LogP contribution in [0.4, 0.5) is 16.0 Å². The van der Waals surface area contributed by atoms with Crippen molar-refractivity contribution in [1.82, 2.24) is 14.8 Å². The largest absolute Gasteiger partial charge is 0.342 e. The number of carbonyl (C=O) groups is 2. The average Bonchev–Trinajstić information content (AvgIpc) is 2.90. The van der Waals surface area contributed by atoms with Crippen LogP contribution in [0.15, 0.2) is 30.6 Å². The molecule has 7 nitrogen and oxygen atoms in total. The lowest BCUT2D eigenvalue weighted by molar-refractivity contribution is -0.117. The Labute approximate surface area is 112 Å². The first-order chi connectivity index (χ1) is 9.63. The minimum atomic E-state index is -0.732. The third kappa shape index (κ3) is 2.22. The van der Waals surface area contributed by atoms with Crippen LogP contribution in [0.5, 0.6) is 0 Å². The lowest BCUT2D eigenvalue weighted by atomic mass is 10.1. The Morgan fingerprint density at radius 3 is 2.90 bits per heavy atom. The van der Waals surface area contributed by atoms with Crippen LogP contribution in [-0.2, 0) is 4.79 Å². The second kappa shape index (κ2) is 4.72. The van der Waals surface area contributed by atoms with E-state index in [0.717, 1.165) is 4.68 Å². The first-order valence-corrected chi connectivity index (χ1v) is 5.89. The van der Waals surface area contributed by atoms with Crippen molar-refractivity contribution < 1.29 is 14.0 Å². The smallest absolute Gasteiger partial charge is 0.252 e. The summed E-state index contributed by atoms with van der Waals surface area (Å²) in [7, 11) is 0. The van der Waals surface area contributed by atoms with E-state index < -0.39 is 6.04 Å². The number of nitrogens with zero attached hydrogens (tertiary/aromatic N) is 3. The molecule has 0 saturated heterocycles. The molecule has 0 aliphatic carbocycles. The molecule has 0 unspecified atom stereocenters. The number of hydrogen-bond donors (Lipinski definition) is 2. The van der Waals surface area contributed by atoms with E-state index in [1.54, 1.807) is 0 Å². The number of aromatic nitrogens is 3. The number of fused-ring (bicyclic) bond motifs is 1. The van der Waals surface area contributed by atoms with Crippen LogP contribution in [0.25, 0.3) is 0 Å². The molecular formula is C12H10FN5O2. The van der Waals surface area contributed by atoms with Crippen molar-refractivity contribution in [3.8, 4) is 0 Å². The van der Waals surface area contributed by atoms with Gasteiger partial charge in [0, 0.05) is 5.69 Å². The monoisotopic (exact) mass is 275 g/mol. The molecule has 102 valence electrons. The van der Waals surface area contributed by atoms with Gasteiger partial charge in [0.05, 0.1) is 6.42 Å². The van der Waals surface area contributed by atoms with E-state index in [4.69, 9.17) is 0 Å². The number of nitrogens with one attached hydrogen (secondary N) is 2. The second-order valence-corrected chi connectivity index (χ2v) is 4.29. The molecular weight excluding hydrogens is 265 g/mol. The molecule has 1 atom stereocenters. The van der Waals surface area contributed by atoms with Crippen LogP contribution < -0.4 is 10.6 Å². The van der Waals surface area contributed by atoms with Crippen LogP contribution in [0.1, 0.15) is 11.2 Å². The van der Waals surface area contributed by atoms with E-state index in [2.05, 4.69) is 20.7 Å². The Balaban J connectivity index is 1.73. The zero-order valence-electron chi connectivity index (χ0n) is 10.2. The van der Waals surface area contributed by atoms with E-state index in [1.807, 2.05) is 0 Å².